The zero-order chi connectivity index (χ0) is 23.5. The summed E-state index contributed by atoms with van der Waals surface area (Å²) in [5.74, 6) is -0.0555. The molecule has 1 N–H and O–H groups in total. The highest BCUT2D eigenvalue weighted by Crippen LogP contribution is 2.31. The Morgan fingerprint density at radius 1 is 1.00 bits per heavy atom. The third-order valence-electron chi connectivity index (χ3n) is 7.19. The van der Waals surface area contributed by atoms with E-state index in [-0.39, 0.29) is 23.2 Å². The van der Waals surface area contributed by atoms with Gasteiger partial charge in [-0.25, -0.2) is 4.39 Å². The standard InChI is InChI=1S/C29H29FN2O2/c30-26-9-7-23(8-10-26)24-13-17-32(18-14-24)28(34)12-16-29(15-11-27(33)31-29)20-21-5-6-22-3-1-2-4-25(22)19-21/h1-10,13,19H,11-12,14-18,20H2,(H,31,33). The molecule has 3 aromatic rings. The quantitative estimate of drug-likeness (QED) is 0.550. The van der Waals surface area contributed by atoms with Crippen LogP contribution in [0.5, 0.6) is 0 Å². The minimum atomic E-state index is -0.375. The van der Waals surface area contributed by atoms with Crippen molar-refractivity contribution >= 4 is 28.2 Å². The fourth-order valence-corrected chi connectivity index (χ4v) is 5.25. The first-order valence-electron chi connectivity index (χ1n) is 12.0. The Kier molecular flexibility index (Phi) is 6.18. The Morgan fingerprint density at radius 2 is 1.79 bits per heavy atom. The fourth-order valence-electron chi connectivity index (χ4n) is 5.25. The van der Waals surface area contributed by atoms with Crippen molar-refractivity contribution in [2.24, 2.45) is 0 Å². The largest absolute Gasteiger partial charge is 0.350 e. The highest BCUT2D eigenvalue weighted by atomic mass is 19.1. The van der Waals surface area contributed by atoms with Crippen molar-refractivity contribution in [1.82, 2.24) is 10.2 Å². The number of carbonyl (C=O) groups excluding carboxylic acids is 2. The van der Waals surface area contributed by atoms with Crippen molar-refractivity contribution in [2.45, 2.75) is 44.1 Å². The molecule has 174 valence electrons. The second kappa shape index (κ2) is 9.41. The summed E-state index contributed by atoms with van der Waals surface area (Å²) >= 11 is 0. The van der Waals surface area contributed by atoms with Crippen molar-refractivity contribution < 1.29 is 14.0 Å². The van der Waals surface area contributed by atoms with Crippen LogP contribution in [0.25, 0.3) is 16.3 Å². The van der Waals surface area contributed by atoms with Gasteiger partial charge in [0.1, 0.15) is 5.82 Å². The van der Waals surface area contributed by atoms with Crippen LogP contribution in [0.2, 0.25) is 0 Å². The van der Waals surface area contributed by atoms with E-state index < -0.39 is 0 Å². The Labute approximate surface area is 199 Å². The molecule has 0 radical (unpaired) electrons. The topological polar surface area (TPSA) is 49.4 Å². The van der Waals surface area contributed by atoms with Gasteiger partial charge in [-0.3, -0.25) is 9.59 Å². The third kappa shape index (κ3) is 4.89. The molecule has 0 spiro atoms. The lowest BCUT2D eigenvalue weighted by Gasteiger charge is -2.32. The number of benzene rings is 3. The predicted molar refractivity (Wildman–Crippen MR) is 133 cm³/mol. The summed E-state index contributed by atoms with van der Waals surface area (Å²) in [6.45, 7) is 1.22. The molecule has 5 heteroatoms. The molecular weight excluding hydrogens is 427 g/mol. The van der Waals surface area contributed by atoms with Crippen LogP contribution in [0.1, 0.15) is 43.2 Å². The summed E-state index contributed by atoms with van der Waals surface area (Å²) in [5, 5.41) is 5.59. The lowest BCUT2D eigenvalue weighted by molar-refractivity contribution is -0.131. The molecule has 2 heterocycles. The van der Waals surface area contributed by atoms with Gasteiger partial charge in [-0.15, -0.1) is 0 Å². The lowest BCUT2D eigenvalue weighted by atomic mass is 9.84. The number of halogens is 1. The van der Waals surface area contributed by atoms with Crippen LogP contribution in [0.4, 0.5) is 4.39 Å². The molecule has 0 saturated carbocycles. The van der Waals surface area contributed by atoms with Gasteiger partial charge in [0.15, 0.2) is 0 Å². The van der Waals surface area contributed by atoms with Gasteiger partial charge in [0.2, 0.25) is 11.8 Å². The molecule has 1 fully saturated rings. The second-order valence-corrected chi connectivity index (χ2v) is 9.51. The van der Waals surface area contributed by atoms with Crippen LogP contribution in [-0.4, -0.2) is 35.3 Å². The van der Waals surface area contributed by atoms with E-state index in [1.807, 2.05) is 17.0 Å². The maximum absolute atomic E-state index is 13.2. The zero-order valence-electron chi connectivity index (χ0n) is 19.2. The minimum absolute atomic E-state index is 0.0677. The van der Waals surface area contributed by atoms with E-state index in [1.165, 1.54) is 28.5 Å². The number of fused-ring (bicyclic) bond motifs is 1. The SMILES string of the molecule is O=C1CCC(CCC(=O)N2CC=C(c3ccc(F)cc3)CC2)(Cc2ccc3ccccc3c2)N1. The average Bonchev–Trinajstić information content (AvgIpc) is 3.23. The highest BCUT2D eigenvalue weighted by Gasteiger charge is 2.38. The third-order valence-corrected chi connectivity index (χ3v) is 7.19. The maximum Gasteiger partial charge on any atom is 0.222 e. The molecule has 3 aromatic carbocycles. The van der Waals surface area contributed by atoms with E-state index in [0.29, 0.717) is 32.4 Å². The highest BCUT2D eigenvalue weighted by molar-refractivity contribution is 5.83. The van der Waals surface area contributed by atoms with Crippen LogP contribution in [-0.2, 0) is 16.0 Å². The molecule has 0 aromatic heterocycles. The Morgan fingerprint density at radius 3 is 2.50 bits per heavy atom. The maximum atomic E-state index is 13.2. The minimum Gasteiger partial charge on any atom is -0.350 e. The first-order chi connectivity index (χ1) is 16.5. The average molecular weight is 457 g/mol. The molecule has 1 unspecified atom stereocenters. The Hall–Kier alpha value is -3.47. The number of carbonyl (C=O) groups is 2. The number of nitrogens with one attached hydrogen (secondary N) is 1. The van der Waals surface area contributed by atoms with Gasteiger partial charge in [0, 0.05) is 31.5 Å². The van der Waals surface area contributed by atoms with Gasteiger partial charge in [-0.05, 0) is 65.3 Å². The molecule has 2 aliphatic heterocycles. The van der Waals surface area contributed by atoms with Crippen molar-refractivity contribution in [1.29, 1.82) is 0 Å². The van der Waals surface area contributed by atoms with Crippen LogP contribution in [0.15, 0.2) is 72.8 Å². The smallest absolute Gasteiger partial charge is 0.222 e. The fraction of sp³-hybridized carbons (Fsp3) is 0.310. The zero-order valence-corrected chi connectivity index (χ0v) is 19.2. The summed E-state index contributed by atoms with van der Waals surface area (Å²) in [5.41, 5.74) is 2.97. The molecule has 34 heavy (non-hydrogen) atoms. The second-order valence-electron chi connectivity index (χ2n) is 9.51. The Balaban J connectivity index is 1.23. The van der Waals surface area contributed by atoms with E-state index in [2.05, 4.69) is 41.7 Å². The number of hydrogen-bond acceptors (Lipinski definition) is 2. The summed E-state index contributed by atoms with van der Waals surface area (Å²) < 4.78 is 13.2. The van der Waals surface area contributed by atoms with E-state index in [0.717, 1.165) is 30.4 Å². The van der Waals surface area contributed by atoms with Crippen molar-refractivity contribution in [3.63, 3.8) is 0 Å². The van der Waals surface area contributed by atoms with Crippen molar-refractivity contribution in [2.75, 3.05) is 13.1 Å². The van der Waals surface area contributed by atoms with Gasteiger partial charge in [-0.1, -0.05) is 60.7 Å². The van der Waals surface area contributed by atoms with Crippen LogP contribution >= 0.6 is 0 Å². The molecule has 0 bridgehead atoms. The molecule has 2 aliphatic rings. The molecular formula is C29H29FN2O2. The van der Waals surface area contributed by atoms with Crippen LogP contribution in [0.3, 0.4) is 0 Å². The molecule has 0 aliphatic carbocycles. The Bertz CT molecular complexity index is 1250. The number of rotatable bonds is 6. The predicted octanol–water partition coefficient (Wildman–Crippen LogP) is 5.27. The summed E-state index contributed by atoms with van der Waals surface area (Å²) in [6, 6.07) is 21.2. The molecule has 1 saturated heterocycles. The first-order valence-corrected chi connectivity index (χ1v) is 12.0. The van der Waals surface area contributed by atoms with Gasteiger partial charge in [0.05, 0.1) is 0 Å². The van der Waals surface area contributed by atoms with Crippen LogP contribution < -0.4 is 5.32 Å². The van der Waals surface area contributed by atoms with Gasteiger partial charge < -0.3 is 10.2 Å². The molecule has 2 amide bonds. The first kappa shape index (κ1) is 22.3. The number of nitrogens with zero attached hydrogens (tertiary/aromatic N) is 1. The van der Waals surface area contributed by atoms with Gasteiger partial charge in [0.25, 0.3) is 0 Å². The van der Waals surface area contributed by atoms with Crippen molar-refractivity contribution in [3.05, 3.63) is 89.8 Å². The lowest BCUT2D eigenvalue weighted by Crippen LogP contribution is -2.45. The van der Waals surface area contributed by atoms with E-state index >= 15 is 0 Å². The van der Waals surface area contributed by atoms with Gasteiger partial charge in [-0.2, -0.15) is 0 Å². The van der Waals surface area contributed by atoms with E-state index in [4.69, 9.17) is 0 Å². The van der Waals surface area contributed by atoms with Crippen LogP contribution in [0, 0.1) is 5.82 Å². The molecule has 5 rings (SSSR count). The molecule has 1 atom stereocenters. The summed E-state index contributed by atoms with van der Waals surface area (Å²) in [6.07, 6.45) is 5.86. The van der Waals surface area contributed by atoms with E-state index in [1.54, 1.807) is 12.1 Å². The van der Waals surface area contributed by atoms with Gasteiger partial charge >= 0.3 is 0 Å². The van der Waals surface area contributed by atoms with Crippen molar-refractivity contribution in [3.8, 4) is 0 Å². The van der Waals surface area contributed by atoms with E-state index in [9.17, 15) is 14.0 Å². The monoisotopic (exact) mass is 456 g/mol. The normalized spacial score (nSPS) is 20.3. The number of hydrogen-bond donors (Lipinski definition) is 1. The molecule has 4 nitrogen and oxygen atoms in total. The summed E-state index contributed by atoms with van der Waals surface area (Å²) in [4.78, 5) is 27.1. The number of amides is 2. The summed E-state index contributed by atoms with van der Waals surface area (Å²) in [7, 11) is 0.